The Morgan fingerprint density at radius 1 is 0.870 bits per heavy atom. The molecule has 0 radical (unpaired) electrons. The third-order valence-electron chi connectivity index (χ3n) is 11.0. The molecular formula is C36H30F3N5O10. The van der Waals surface area contributed by atoms with E-state index in [2.05, 4.69) is 4.74 Å². The molecule has 6 unspecified atom stereocenters. The highest BCUT2D eigenvalue weighted by atomic mass is 19.4. The fraction of sp³-hybridized carbons (Fsp3) is 0.333. The van der Waals surface area contributed by atoms with Gasteiger partial charge in [0.1, 0.15) is 11.5 Å². The average Bonchev–Trinajstić information content (AvgIpc) is 3.47. The molecule has 2 aliphatic heterocycles. The minimum Gasteiger partial charge on any atom is -0.508 e. The summed E-state index contributed by atoms with van der Waals surface area (Å²) in [6.07, 6.45) is -3.85. The number of fused-ring (bicyclic) bond motifs is 4. The number of nitrogens with zero attached hydrogens (tertiary/aromatic N) is 5. The van der Waals surface area contributed by atoms with Crippen LogP contribution in [0.1, 0.15) is 31.2 Å². The molecule has 1 saturated carbocycles. The first-order valence-corrected chi connectivity index (χ1v) is 16.6. The van der Waals surface area contributed by atoms with Crippen LogP contribution in [0.25, 0.3) is 0 Å². The van der Waals surface area contributed by atoms with E-state index in [9.17, 15) is 57.7 Å². The van der Waals surface area contributed by atoms with Crippen molar-refractivity contribution in [3.63, 3.8) is 0 Å². The number of ether oxygens (including phenoxy) is 1. The van der Waals surface area contributed by atoms with Crippen LogP contribution in [0.5, 0.6) is 11.5 Å². The fourth-order valence-electron chi connectivity index (χ4n) is 8.85. The van der Waals surface area contributed by atoms with Crippen molar-refractivity contribution in [2.24, 2.45) is 29.1 Å². The third-order valence-corrected chi connectivity index (χ3v) is 11.0. The molecular weight excluding hydrogens is 719 g/mol. The fourth-order valence-corrected chi connectivity index (χ4v) is 8.85. The van der Waals surface area contributed by atoms with Crippen LogP contribution in [-0.4, -0.2) is 59.0 Å². The maximum absolute atomic E-state index is 14.5. The Morgan fingerprint density at radius 3 is 2.07 bits per heavy atom. The first-order chi connectivity index (χ1) is 25.4. The quantitative estimate of drug-likeness (QED) is 0.137. The van der Waals surface area contributed by atoms with Crippen molar-refractivity contribution in [3.8, 4) is 11.5 Å². The van der Waals surface area contributed by atoms with Gasteiger partial charge < -0.3 is 14.7 Å². The van der Waals surface area contributed by atoms with Crippen molar-refractivity contribution >= 4 is 52.1 Å². The summed E-state index contributed by atoms with van der Waals surface area (Å²) in [5.41, 5.74) is -3.63. The Morgan fingerprint density at radius 2 is 1.50 bits per heavy atom. The van der Waals surface area contributed by atoms with Gasteiger partial charge in [0.2, 0.25) is 23.6 Å². The molecule has 280 valence electrons. The van der Waals surface area contributed by atoms with Gasteiger partial charge in [-0.2, -0.15) is 0 Å². The number of halogens is 3. The van der Waals surface area contributed by atoms with Gasteiger partial charge in [-0.05, 0) is 56.0 Å². The monoisotopic (exact) mass is 749 g/mol. The molecule has 3 aromatic carbocycles. The second-order valence-electron chi connectivity index (χ2n) is 14.0. The number of aromatic hydroxyl groups is 1. The van der Waals surface area contributed by atoms with Gasteiger partial charge in [-0.3, -0.25) is 39.4 Å². The lowest BCUT2D eigenvalue weighted by Gasteiger charge is -2.49. The Kier molecular flexibility index (Phi) is 8.26. The maximum Gasteiger partial charge on any atom is 0.573 e. The van der Waals surface area contributed by atoms with Crippen LogP contribution in [0.3, 0.4) is 0 Å². The summed E-state index contributed by atoms with van der Waals surface area (Å²) in [4.78, 5) is 82.6. The summed E-state index contributed by atoms with van der Waals surface area (Å²) in [5, 5.41) is 35.4. The number of carbonyl (C=O) groups is 4. The number of hydrogen-bond donors (Lipinski definition) is 1. The molecule has 7 rings (SSSR count). The summed E-state index contributed by atoms with van der Waals surface area (Å²) >= 11 is 0. The molecule has 0 bridgehead atoms. The standard InChI is InChI=1S/C36H30F3N5O10/c1-35-24(32(47)42(34(35)49)17-7-5-4-6-8-17)16-22-20(29(35)23-15-19(9-12-27(23)45)54-36(37,38)39)10-11-21-28(22)33(48)41(31(21)46)18-13-25(43(50)51)30(40(2)3)26(14-18)44(52)53/h4-10,12-15,21-22,24,28-29,45H,11,16H2,1-3H3. The summed E-state index contributed by atoms with van der Waals surface area (Å²) in [5.74, 6) is -10.2. The van der Waals surface area contributed by atoms with E-state index < -0.39 is 103 Å². The Labute approximate surface area is 303 Å². The lowest BCUT2D eigenvalue weighted by Crippen LogP contribution is -2.49. The van der Waals surface area contributed by atoms with Gasteiger partial charge in [0.15, 0.2) is 5.69 Å². The van der Waals surface area contributed by atoms with Gasteiger partial charge in [-0.25, -0.2) is 9.80 Å². The number of allylic oxidation sites excluding steroid dienone is 2. The molecule has 0 spiro atoms. The van der Waals surface area contributed by atoms with Crippen molar-refractivity contribution in [2.75, 3.05) is 28.8 Å². The van der Waals surface area contributed by atoms with E-state index in [1.165, 1.54) is 33.2 Å². The highest BCUT2D eigenvalue weighted by Gasteiger charge is 2.68. The second-order valence-corrected chi connectivity index (χ2v) is 14.0. The van der Waals surface area contributed by atoms with E-state index in [0.717, 1.165) is 40.1 Å². The molecule has 4 aliphatic rings. The molecule has 4 amide bonds. The van der Waals surface area contributed by atoms with Crippen LogP contribution in [0.2, 0.25) is 0 Å². The van der Waals surface area contributed by atoms with Crippen LogP contribution in [0.15, 0.2) is 72.3 Å². The summed E-state index contributed by atoms with van der Waals surface area (Å²) < 4.78 is 44.3. The lowest BCUT2D eigenvalue weighted by atomic mass is 9.51. The Hall–Kier alpha value is -6.33. The topological polar surface area (TPSA) is 194 Å². The summed E-state index contributed by atoms with van der Waals surface area (Å²) in [6, 6.07) is 12.5. The number of hydrogen-bond acceptors (Lipinski definition) is 11. The van der Waals surface area contributed by atoms with Crippen LogP contribution >= 0.6 is 0 Å². The molecule has 1 N–H and O–H groups in total. The molecule has 0 aromatic heterocycles. The number of phenolic OH excluding ortho intramolecular Hbond substituents is 1. The van der Waals surface area contributed by atoms with E-state index in [4.69, 9.17) is 0 Å². The minimum atomic E-state index is -5.12. The van der Waals surface area contributed by atoms with E-state index in [0.29, 0.717) is 10.5 Å². The summed E-state index contributed by atoms with van der Waals surface area (Å²) in [6.45, 7) is 1.48. The zero-order valence-electron chi connectivity index (χ0n) is 28.6. The number of para-hydroxylation sites is 1. The van der Waals surface area contributed by atoms with Gasteiger partial charge in [-0.15, -0.1) is 13.2 Å². The van der Waals surface area contributed by atoms with Gasteiger partial charge >= 0.3 is 17.7 Å². The molecule has 18 heteroatoms. The number of carbonyl (C=O) groups excluding carboxylic acids is 4. The molecule has 3 aromatic rings. The molecule has 3 fully saturated rings. The van der Waals surface area contributed by atoms with Crippen molar-refractivity contribution in [2.45, 2.75) is 32.0 Å². The average molecular weight is 750 g/mol. The normalized spacial score (nSPS) is 26.3. The minimum absolute atomic E-state index is 0.140. The van der Waals surface area contributed by atoms with Crippen molar-refractivity contribution in [1.82, 2.24) is 0 Å². The molecule has 6 atom stereocenters. The number of anilines is 3. The van der Waals surface area contributed by atoms with Crippen molar-refractivity contribution < 1.29 is 52.0 Å². The van der Waals surface area contributed by atoms with E-state index in [-0.39, 0.29) is 29.8 Å². The number of nitro groups is 2. The first kappa shape index (κ1) is 36.0. The smallest absolute Gasteiger partial charge is 0.508 e. The van der Waals surface area contributed by atoms with Crippen LogP contribution in [0, 0.1) is 49.3 Å². The molecule has 15 nitrogen and oxygen atoms in total. The number of nitro benzene ring substituents is 2. The van der Waals surface area contributed by atoms with Gasteiger partial charge in [0.05, 0.1) is 44.4 Å². The SMILES string of the molecule is CN(C)c1c([N+](=O)[O-])cc(N2C(=O)C3CC=C4C(CC5C(=O)N(c6ccccc6)C(=O)C5(C)C4c4cc(OC(F)(F)F)ccc4O)C3C2=O)cc1[N+](=O)[O-]. The van der Waals surface area contributed by atoms with Crippen LogP contribution < -0.4 is 19.4 Å². The number of phenols is 1. The number of imide groups is 2. The van der Waals surface area contributed by atoms with Gasteiger partial charge in [-0.1, -0.05) is 29.8 Å². The number of amides is 4. The number of rotatable bonds is 7. The van der Waals surface area contributed by atoms with Crippen molar-refractivity contribution in [3.05, 3.63) is 98.1 Å². The van der Waals surface area contributed by atoms with Crippen LogP contribution in [0.4, 0.5) is 41.6 Å². The van der Waals surface area contributed by atoms with E-state index in [1.807, 2.05) is 0 Å². The van der Waals surface area contributed by atoms with Gasteiger partial charge in [0, 0.05) is 37.7 Å². The third kappa shape index (κ3) is 5.34. The first-order valence-electron chi connectivity index (χ1n) is 16.6. The summed E-state index contributed by atoms with van der Waals surface area (Å²) in [7, 11) is 2.71. The molecule has 2 aliphatic carbocycles. The van der Waals surface area contributed by atoms with Gasteiger partial charge in [0.25, 0.3) is 0 Å². The predicted octanol–water partition coefficient (Wildman–Crippen LogP) is 5.61. The van der Waals surface area contributed by atoms with E-state index >= 15 is 0 Å². The number of alkyl halides is 3. The second kappa shape index (κ2) is 12.4. The maximum atomic E-state index is 14.5. The lowest BCUT2D eigenvalue weighted by molar-refractivity contribution is -0.392. The van der Waals surface area contributed by atoms with Crippen molar-refractivity contribution in [1.29, 1.82) is 0 Å². The molecule has 54 heavy (non-hydrogen) atoms. The highest BCUT2D eigenvalue weighted by molar-refractivity contribution is 6.25. The zero-order valence-corrected chi connectivity index (χ0v) is 28.6. The Balaban J connectivity index is 1.38. The molecule has 2 heterocycles. The highest BCUT2D eigenvalue weighted by Crippen LogP contribution is 2.65. The van der Waals surface area contributed by atoms with E-state index in [1.54, 1.807) is 24.3 Å². The Bertz CT molecular complexity index is 2170. The van der Waals surface area contributed by atoms with Crippen LogP contribution in [-0.2, 0) is 19.2 Å². The number of benzene rings is 3. The largest absolute Gasteiger partial charge is 0.573 e. The zero-order chi connectivity index (χ0) is 39.2. The predicted molar refractivity (Wildman–Crippen MR) is 182 cm³/mol. The molecule has 2 saturated heterocycles.